The molecule has 2 heterocycles. The van der Waals surface area contributed by atoms with E-state index in [1.165, 1.54) is 18.3 Å². The minimum absolute atomic E-state index is 0.125. The predicted octanol–water partition coefficient (Wildman–Crippen LogP) is 3.53. The third-order valence-electron chi connectivity index (χ3n) is 5.41. The second-order valence-electron chi connectivity index (χ2n) is 7.32. The maximum atomic E-state index is 12.8. The Balaban J connectivity index is 1.71. The SMILES string of the molecule is CCC1CCCCN1C(=O)COC(=O)c1c(NC(C)=O)sc2c1CCCC2. The van der Waals surface area contributed by atoms with Crippen LogP contribution in [0.4, 0.5) is 5.00 Å². The monoisotopic (exact) mass is 392 g/mol. The van der Waals surface area contributed by atoms with Crippen molar-refractivity contribution in [2.24, 2.45) is 0 Å². The van der Waals surface area contributed by atoms with Crippen molar-refractivity contribution in [3.8, 4) is 0 Å². The van der Waals surface area contributed by atoms with Gasteiger partial charge in [0, 0.05) is 24.4 Å². The Bertz CT molecular complexity index is 728. The summed E-state index contributed by atoms with van der Waals surface area (Å²) < 4.78 is 5.41. The van der Waals surface area contributed by atoms with Crippen molar-refractivity contribution in [2.45, 2.75) is 71.3 Å². The molecule has 0 radical (unpaired) electrons. The molecular weight excluding hydrogens is 364 g/mol. The number of likely N-dealkylation sites (tertiary alicyclic amines) is 1. The third-order valence-corrected chi connectivity index (χ3v) is 6.62. The largest absolute Gasteiger partial charge is 0.452 e. The molecule has 1 N–H and O–H groups in total. The number of anilines is 1. The number of amides is 2. The van der Waals surface area contributed by atoms with Crippen molar-refractivity contribution < 1.29 is 19.1 Å². The van der Waals surface area contributed by atoms with Crippen LogP contribution in [0.2, 0.25) is 0 Å². The normalized spacial score (nSPS) is 19.3. The molecule has 148 valence electrons. The van der Waals surface area contributed by atoms with E-state index in [1.54, 1.807) is 0 Å². The number of thiophene rings is 1. The average Bonchev–Trinajstić information content (AvgIpc) is 3.02. The summed E-state index contributed by atoms with van der Waals surface area (Å²) in [5, 5.41) is 3.31. The fourth-order valence-electron chi connectivity index (χ4n) is 4.07. The van der Waals surface area contributed by atoms with Gasteiger partial charge in [-0.1, -0.05) is 6.92 Å². The summed E-state index contributed by atoms with van der Waals surface area (Å²) in [6.07, 6.45) is 7.93. The number of aryl methyl sites for hydroxylation is 1. The fraction of sp³-hybridized carbons (Fsp3) is 0.650. The number of piperidine rings is 1. The molecule has 0 saturated carbocycles. The molecule has 3 rings (SSSR count). The summed E-state index contributed by atoms with van der Waals surface area (Å²) in [5.74, 6) is -0.838. The van der Waals surface area contributed by atoms with Crippen LogP contribution in [0.15, 0.2) is 0 Å². The molecule has 0 aromatic carbocycles. The Kier molecular flexibility index (Phi) is 6.52. The number of ether oxygens (including phenoxy) is 1. The third kappa shape index (κ3) is 4.51. The van der Waals surface area contributed by atoms with Crippen LogP contribution in [0.5, 0.6) is 0 Å². The van der Waals surface area contributed by atoms with Gasteiger partial charge in [0.1, 0.15) is 5.00 Å². The molecule has 1 saturated heterocycles. The van der Waals surface area contributed by atoms with Crippen LogP contribution < -0.4 is 5.32 Å². The zero-order chi connectivity index (χ0) is 19.4. The molecule has 7 heteroatoms. The van der Waals surface area contributed by atoms with Gasteiger partial charge in [0.25, 0.3) is 5.91 Å². The van der Waals surface area contributed by atoms with Gasteiger partial charge >= 0.3 is 5.97 Å². The highest BCUT2D eigenvalue weighted by atomic mass is 32.1. The van der Waals surface area contributed by atoms with Crippen molar-refractivity contribution in [1.29, 1.82) is 0 Å². The molecule has 0 bridgehead atoms. The van der Waals surface area contributed by atoms with Crippen molar-refractivity contribution >= 4 is 34.1 Å². The molecule has 1 aliphatic carbocycles. The molecule has 0 spiro atoms. The van der Waals surface area contributed by atoms with Gasteiger partial charge in [-0.15, -0.1) is 11.3 Å². The maximum Gasteiger partial charge on any atom is 0.341 e. The summed E-state index contributed by atoms with van der Waals surface area (Å²) >= 11 is 1.46. The van der Waals surface area contributed by atoms with E-state index < -0.39 is 5.97 Å². The molecule has 1 unspecified atom stereocenters. The molecular formula is C20H28N2O4S. The van der Waals surface area contributed by atoms with Gasteiger partial charge in [0.05, 0.1) is 5.56 Å². The van der Waals surface area contributed by atoms with E-state index in [2.05, 4.69) is 12.2 Å². The first-order chi connectivity index (χ1) is 13.0. The Labute approximate surface area is 164 Å². The minimum Gasteiger partial charge on any atom is -0.452 e. The van der Waals surface area contributed by atoms with E-state index in [0.717, 1.165) is 68.4 Å². The molecule has 1 fully saturated rings. The van der Waals surface area contributed by atoms with Gasteiger partial charge in [-0.25, -0.2) is 4.79 Å². The second-order valence-corrected chi connectivity index (χ2v) is 8.42. The lowest BCUT2D eigenvalue weighted by Gasteiger charge is -2.35. The lowest BCUT2D eigenvalue weighted by atomic mass is 9.95. The van der Waals surface area contributed by atoms with Crippen LogP contribution >= 0.6 is 11.3 Å². The van der Waals surface area contributed by atoms with Crippen molar-refractivity contribution in [3.63, 3.8) is 0 Å². The Morgan fingerprint density at radius 3 is 2.70 bits per heavy atom. The highest BCUT2D eigenvalue weighted by molar-refractivity contribution is 7.17. The summed E-state index contributed by atoms with van der Waals surface area (Å²) in [5.41, 5.74) is 1.43. The predicted molar refractivity (Wildman–Crippen MR) is 105 cm³/mol. The first-order valence-corrected chi connectivity index (χ1v) is 10.7. The van der Waals surface area contributed by atoms with Crippen LogP contribution in [0.25, 0.3) is 0 Å². The zero-order valence-electron chi connectivity index (χ0n) is 16.1. The number of nitrogens with zero attached hydrogens (tertiary/aromatic N) is 1. The Hall–Kier alpha value is -1.89. The number of rotatable bonds is 5. The Morgan fingerprint density at radius 1 is 1.19 bits per heavy atom. The molecule has 1 aromatic heterocycles. The Morgan fingerprint density at radius 2 is 1.96 bits per heavy atom. The van der Waals surface area contributed by atoms with Crippen LogP contribution in [-0.4, -0.2) is 41.9 Å². The summed E-state index contributed by atoms with van der Waals surface area (Å²) in [6, 6.07) is 0.244. The molecule has 1 aliphatic heterocycles. The molecule has 2 aliphatic rings. The van der Waals surface area contributed by atoms with Crippen molar-refractivity contribution in [3.05, 3.63) is 16.0 Å². The van der Waals surface area contributed by atoms with Gasteiger partial charge in [-0.3, -0.25) is 9.59 Å². The van der Waals surface area contributed by atoms with E-state index in [0.29, 0.717) is 10.6 Å². The molecule has 2 amide bonds. The fourth-order valence-corrected chi connectivity index (χ4v) is 5.39. The second kappa shape index (κ2) is 8.87. The number of nitrogens with one attached hydrogen (secondary N) is 1. The van der Waals surface area contributed by atoms with Gasteiger partial charge < -0.3 is 15.0 Å². The van der Waals surface area contributed by atoms with Gasteiger partial charge in [0.2, 0.25) is 5.91 Å². The average molecular weight is 393 g/mol. The summed E-state index contributed by atoms with van der Waals surface area (Å²) in [6.45, 7) is 4.01. The molecule has 1 atom stereocenters. The van der Waals surface area contributed by atoms with E-state index >= 15 is 0 Å². The van der Waals surface area contributed by atoms with Gasteiger partial charge in [0.15, 0.2) is 6.61 Å². The van der Waals surface area contributed by atoms with Gasteiger partial charge in [-0.2, -0.15) is 0 Å². The quantitative estimate of drug-likeness (QED) is 0.778. The van der Waals surface area contributed by atoms with E-state index in [4.69, 9.17) is 4.74 Å². The number of esters is 1. The van der Waals surface area contributed by atoms with Gasteiger partial charge in [-0.05, 0) is 56.9 Å². The summed E-state index contributed by atoms with van der Waals surface area (Å²) in [4.78, 5) is 39.9. The van der Waals surface area contributed by atoms with E-state index in [1.807, 2.05) is 4.90 Å². The van der Waals surface area contributed by atoms with Crippen LogP contribution in [0.3, 0.4) is 0 Å². The standard InChI is InChI=1S/C20H28N2O4S/c1-3-14-8-6-7-11-22(14)17(24)12-26-20(25)18-15-9-4-5-10-16(15)27-19(18)21-13(2)23/h14H,3-12H2,1-2H3,(H,21,23). The van der Waals surface area contributed by atoms with E-state index in [-0.39, 0.29) is 24.5 Å². The highest BCUT2D eigenvalue weighted by Gasteiger charge is 2.29. The number of hydrogen-bond acceptors (Lipinski definition) is 5. The minimum atomic E-state index is -0.503. The molecule has 6 nitrogen and oxygen atoms in total. The van der Waals surface area contributed by atoms with Crippen LogP contribution in [-0.2, 0) is 27.2 Å². The van der Waals surface area contributed by atoms with Crippen molar-refractivity contribution in [2.75, 3.05) is 18.5 Å². The lowest BCUT2D eigenvalue weighted by Crippen LogP contribution is -2.45. The lowest BCUT2D eigenvalue weighted by molar-refractivity contribution is -0.138. The maximum absolute atomic E-state index is 12.8. The highest BCUT2D eigenvalue weighted by Crippen LogP contribution is 2.38. The molecule has 1 aromatic rings. The smallest absolute Gasteiger partial charge is 0.341 e. The van der Waals surface area contributed by atoms with E-state index in [9.17, 15) is 14.4 Å². The summed E-state index contributed by atoms with van der Waals surface area (Å²) in [7, 11) is 0. The topological polar surface area (TPSA) is 75.7 Å². The zero-order valence-corrected chi connectivity index (χ0v) is 17.0. The number of carbonyl (C=O) groups excluding carboxylic acids is 3. The molecule has 27 heavy (non-hydrogen) atoms. The van der Waals surface area contributed by atoms with Crippen molar-refractivity contribution in [1.82, 2.24) is 4.90 Å². The number of carbonyl (C=O) groups is 3. The number of fused-ring (bicyclic) bond motifs is 1. The van der Waals surface area contributed by atoms with Crippen LogP contribution in [0.1, 0.15) is 73.2 Å². The first kappa shape index (κ1) is 19.9. The van der Waals surface area contributed by atoms with Crippen LogP contribution in [0, 0.1) is 0 Å². The number of hydrogen-bond donors (Lipinski definition) is 1. The first-order valence-electron chi connectivity index (χ1n) is 9.90.